The lowest BCUT2D eigenvalue weighted by Crippen LogP contribution is -2.37. The van der Waals surface area contributed by atoms with Crippen molar-refractivity contribution in [3.63, 3.8) is 0 Å². The van der Waals surface area contributed by atoms with Crippen molar-refractivity contribution in [3.8, 4) is 5.75 Å². The van der Waals surface area contributed by atoms with Gasteiger partial charge in [-0.1, -0.05) is 35.9 Å². The van der Waals surface area contributed by atoms with Crippen molar-refractivity contribution in [2.24, 2.45) is 0 Å². The predicted molar refractivity (Wildman–Crippen MR) is 107 cm³/mol. The molecule has 25 heavy (non-hydrogen) atoms. The summed E-state index contributed by atoms with van der Waals surface area (Å²) in [7, 11) is 0. The SMILES string of the molecule is Cc1cccc(O[C@@H](C)C(=O)NCCSCc2ccc(Cl)cc2)c1C. The Morgan fingerprint density at radius 1 is 1.20 bits per heavy atom. The lowest BCUT2D eigenvalue weighted by molar-refractivity contribution is -0.127. The average molecular weight is 378 g/mol. The van der Waals surface area contributed by atoms with E-state index in [0.717, 1.165) is 33.4 Å². The van der Waals surface area contributed by atoms with Crippen LogP contribution in [0.15, 0.2) is 42.5 Å². The largest absolute Gasteiger partial charge is 0.481 e. The van der Waals surface area contributed by atoms with Crippen LogP contribution in [-0.2, 0) is 10.5 Å². The number of benzene rings is 2. The van der Waals surface area contributed by atoms with E-state index in [9.17, 15) is 4.79 Å². The highest BCUT2D eigenvalue weighted by atomic mass is 35.5. The van der Waals surface area contributed by atoms with Gasteiger partial charge in [0, 0.05) is 23.1 Å². The van der Waals surface area contributed by atoms with Gasteiger partial charge in [-0.15, -0.1) is 0 Å². The van der Waals surface area contributed by atoms with Gasteiger partial charge in [-0.25, -0.2) is 0 Å². The molecule has 0 aliphatic carbocycles. The minimum Gasteiger partial charge on any atom is -0.481 e. The molecule has 1 amide bonds. The van der Waals surface area contributed by atoms with Crippen molar-refractivity contribution < 1.29 is 9.53 Å². The van der Waals surface area contributed by atoms with E-state index in [2.05, 4.69) is 5.32 Å². The molecule has 0 saturated heterocycles. The summed E-state index contributed by atoms with van der Waals surface area (Å²) in [6.45, 7) is 6.43. The third kappa shape index (κ3) is 6.29. The number of carbonyl (C=O) groups is 1. The van der Waals surface area contributed by atoms with Crippen molar-refractivity contribution >= 4 is 29.3 Å². The fourth-order valence-corrected chi connectivity index (χ4v) is 3.20. The molecule has 3 nitrogen and oxygen atoms in total. The summed E-state index contributed by atoms with van der Waals surface area (Å²) in [4.78, 5) is 12.2. The molecule has 0 aliphatic rings. The van der Waals surface area contributed by atoms with E-state index in [-0.39, 0.29) is 5.91 Å². The highest BCUT2D eigenvalue weighted by molar-refractivity contribution is 7.98. The van der Waals surface area contributed by atoms with Gasteiger partial charge in [-0.2, -0.15) is 11.8 Å². The molecule has 0 fully saturated rings. The molecule has 0 unspecified atom stereocenters. The number of halogens is 1. The number of nitrogens with one attached hydrogen (secondary N) is 1. The molecule has 2 rings (SSSR count). The van der Waals surface area contributed by atoms with Crippen LogP contribution < -0.4 is 10.1 Å². The third-order valence-corrected chi connectivity index (χ3v) is 5.24. The second-order valence-electron chi connectivity index (χ2n) is 5.93. The maximum Gasteiger partial charge on any atom is 0.260 e. The molecular weight excluding hydrogens is 354 g/mol. The summed E-state index contributed by atoms with van der Waals surface area (Å²) in [5.41, 5.74) is 3.46. The zero-order valence-corrected chi connectivity index (χ0v) is 16.4. The summed E-state index contributed by atoms with van der Waals surface area (Å²) in [6.07, 6.45) is -0.512. The highest BCUT2D eigenvalue weighted by Gasteiger charge is 2.15. The molecule has 0 radical (unpaired) electrons. The zero-order chi connectivity index (χ0) is 18.2. The van der Waals surface area contributed by atoms with Gasteiger partial charge in [-0.05, 0) is 55.7 Å². The fraction of sp³-hybridized carbons (Fsp3) is 0.350. The Hall–Kier alpha value is -1.65. The molecule has 1 atom stereocenters. The Kier molecular flexibility index (Phi) is 7.66. The summed E-state index contributed by atoms with van der Waals surface area (Å²) >= 11 is 7.65. The summed E-state index contributed by atoms with van der Waals surface area (Å²) < 4.78 is 5.79. The molecule has 0 spiro atoms. The first-order valence-electron chi connectivity index (χ1n) is 8.30. The number of thioether (sulfide) groups is 1. The second-order valence-corrected chi connectivity index (χ2v) is 7.47. The van der Waals surface area contributed by atoms with Crippen LogP contribution >= 0.6 is 23.4 Å². The topological polar surface area (TPSA) is 38.3 Å². The maximum atomic E-state index is 12.2. The first-order chi connectivity index (χ1) is 12.0. The number of carbonyl (C=O) groups excluding carboxylic acids is 1. The molecule has 1 N–H and O–H groups in total. The number of ether oxygens (including phenoxy) is 1. The molecule has 0 saturated carbocycles. The molecule has 0 aliphatic heterocycles. The molecule has 5 heteroatoms. The number of hydrogen-bond donors (Lipinski definition) is 1. The Bertz CT molecular complexity index is 703. The predicted octanol–water partition coefficient (Wildman–Crippen LogP) is 4.77. The first-order valence-corrected chi connectivity index (χ1v) is 9.83. The van der Waals surface area contributed by atoms with Gasteiger partial charge >= 0.3 is 0 Å². The Morgan fingerprint density at radius 3 is 2.64 bits per heavy atom. The monoisotopic (exact) mass is 377 g/mol. The smallest absolute Gasteiger partial charge is 0.260 e. The molecule has 0 heterocycles. The van der Waals surface area contributed by atoms with E-state index in [0.29, 0.717) is 6.54 Å². The maximum absolute atomic E-state index is 12.2. The Labute approximate surface area is 159 Å². The number of rotatable bonds is 8. The van der Waals surface area contributed by atoms with E-state index in [1.807, 2.05) is 56.3 Å². The molecular formula is C20H24ClNO2S. The fourth-order valence-electron chi connectivity index (χ4n) is 2.26. The quantitative estimate of drug-likeness (QED) is 0.673. The molecule has 2 aromatic carbocycles. The molecule has 134 valence electrons. The van der Waals surface area contributed by atoms with Crippen molar-refractivity contribution in [2.75, 3.05) is 12.3 Å². The molecule has 0 aromatic heterocycles. The van der Waals surface area contributed by atoms with Crippen molar-refractivity contribution in [2.45, 2.75) is 32.6 Å². The van der Waals surface area contributed by atoms with Crippen molar-refractivity contribution in [3.05, 3.63) is 64.2 Å². The summed E-state index contributed by atoms with van der Waals surface area (Å²) in [6, 6.07) is 13.7. The Morgan fingerprint density at radius 2 is 1.92 bits per heavy atom. The van der Waals surface area contributed by atoms with E-state index in [1.54, 1.807) is 18.7 Å². The van der Waals surface area contributed by atoms with E-state index in [4.69, 9.17) is 16.3 Å². The normalized spacial score (nSPS) is 11.8. The van der Waals surface area contributed by atoms with Gasteiger partial charge < -0.3 is 10.1 Å². The van der Waals surface area contributed by atoms with Gasteiger partial charge in [-0.3, -0.25) is 4.79 Å². The molecule has 2 aromatic rings. The summed E-state index contributed by atoms with van der Waals surface area (Å²) in [5, 5.41) is 3.68. The summed E-state index contributed by atoms with van der Waals surface area (Å²) in [5.74, 6) is 2.43. The van der Waals surface area contributed by atoms with Crippen LogP contribution in [0.5, 0.6) is 5.75 Å². The van der Waals surface area contributed by atoms with Gasteiger partial charge in [0.1, 0.15) is 5.75 Å². The van der Waals surface area contributed by atoms with Crippen LogP contribution in [0.25, 0.3) is 0 Å². The van der Waals surface area contributed by atoms with Gasteiger partial charge in [0.05, 0.1) is 0 Å². The minimum absolute atomic E-state index is 0.0898. The average Bonchev–Trinajstić information content (AvgIpc) is 2.60. The highest BCUT2D eigenvalue weighted by Crippen LogP contribution is 2.21. The third-order valence-electron chi connectivity index (χ3n) is 3.96. The number of hydrogen-bond acceptors (Lipinski definition) is 3. The van der Waals surface area contributed by atoms with Crippen LogP contribution in [0.4, 0.5) is 0 Å². The lowest BCUT2D eigenvalue weighted by Gasteiger charge is -2.17. The molecule has 0 bridgehead atoms. The number of aryl methyl sites for hydroxylation is 1. The van der Waals surface area contributed by atoms with Gasteiger partial charge in [0.2, 0.25) is 0 Å². The number of amides is 1. The van der Waals surface area contributed by atoms with Crippen molar-refractivity contribution in [1.29, 1.82) is 0 Å². The van der Waals surface area contributed by atoms with E-state index in [1.165, 1.54) is 5.56 Å². The van der Waals surface area contributed by atoms with Crippen LogP contribution in [-0.4, -0.2) is 24.3 Å². The van der Waals surface area contributed by atoms with Crippen LogP contribution in [0.1, 0.15) is 23.6 Å². The minimum atomic E-state index is -0.512. The lowest BCUT2D eigenvalue weighted by atomic mass is 10.1. The van der Waals surface area contributed by atoms with E-state index >= 15 is 0 Å². The first kappa shape index (κ1) is 19.7. The second kappa shape index (κ2) is 9.73. The van der Waals surface area contributed by atoms with E-state index < -0.39 is 6.10 Å². The zero-order valence-electron chi connectivity index (χ0n) is 14.8. The van der Waals surface area contributed by atoms with Crippen molar-refractivity contribution in [1.82, 2.24) is 5.32 Å². The van der Waals surface area contributed by atoms with Gasteiger partial charge in [0.15, 0.2) is 6.10 Å². The van der Waals surface area contributed by atoms with Crippen LogP contribution in [0.3, 0.4) is 0 Å². The standard InChI is InChI=1S/C20H24ClNO2S/c1-14-5-4-6-19(15(14)2)24-16(3)20(23)22-11-12-25-13-17-7-9-18(21)10-8-17/h4-10,16H,11-13H2,1-3H3,(H,22,23)/t16-/m0/s1. The van der Waals surface area contributed by atoms with Gasteiger partial charge in [0.25, 0.3) is 5.91 Å². The Balaban J connectivity index is 1.69. The van der Waals surface area contributed by atoms with Crippen LogP contribution in [0.2, 0.25) is 5.02 Å². The van der Waals surface area contributed by atoms with Crippen LogP contribution in [0, 0.1) is 13.8 Å².